The van der Waals surface area contributed by atoms with Crippen LogP contribution in [-0.4, -0.2) is 67.6 Å². The largest absolute Gasteiger partial charge is 0.497 e. The predicted molar refractivity (Wildman–Crippen MR) is 132 cm³/mol. The van der Waals surface area contributed by atoms with E-state index in [1.165, 1.54) is 37.7 Å². The van der Waals surface area contributed by atoms with Crippen LogP contribution in [0.25, 0.3) is 16.6 Å². The minimum Gasteiger partial charge on any atom is -0.497 e. The van der Waals surface area contributed by atoms with E-state index >= 15 is 0 Å². The Balaban J connectivity index is 2.29. The first-order valence-corrected chi connectivity index (χ1v) is 11.7. The molecule has 3 rings (SSSR count). The smallest absolute Gasteiger partial charge is 0.266 e. The molecule has 0 N–H and O–H groups in total. The van der Waals surface area contributed by atoms with Crippen LogP contribution in [0.15, 0.2) is 40.3 Å². The van der Waals surface area contributed by atoms with Gasteiger partial charge in [0.25, 0.3) is 5.56 Å². The van der Waals surface area contributed by atoms with E-state index in [1.54, 1.807) is 42.3 Å². The molecular formula is C24H29N3O6S. The third-order valence-corrected chi connectivity index (χ3v) is 6.31. The molecule has 0 spiro atoms. The molecule has 9 nitrogen and oxygen atoms in total. The molecule has 1 amide bonds. The third kappa shape index (κ3) is 4.77. The second-order valence-corrected chi connectivity index (χ2v) is 8.08. The van der Waals surface area contributed by atoms with Crippen molar-refractivity contribution in [3.05, 3.63) is 40.7 Å². The fourth-order valence-electron chi connectivity index (χ4n) is 3.64. The Labute approximate surface area is 202 Å². The Morgan fingerprint density at radius 1 is 1.00 bits per heavy atom. The summed E-state index contributed by atoms with van der Waals surface area (Å²) in [6.45, 7) is 5.07. The van der Waals surface area contributed by atoms with E-state index in [0.29, 0.717) is 46.7 Å². The number of thioether (sulfide) groups is 1. The van der Waals surface area contributed by atoms with Gasteiger partial charge in [-0.3, -0.25) is 14.2 Å². The monoisotopic (exact) mass is 487 g/mol. The Bertz CT molecular complexity index is 1240. The van der Waals surface area contributed by atoms with E-state index in [4.69, 9.17) is 23.9 Å². The van der Waals surface area contributed by atoms with E-state index in [9.17, 15) is 9.59 Å². The van der Waals surface area contributed by atoms with Crippen molar-refractivity contribution in [3.63, 3.8) is 0 Å². The van der Waals surface area contributed by atoms with E-state index in [2.05, 4.69) is 0 Å². The number of hydrogen-bond acceptors (Lipinski definition) is 8. The minimum atomic E-state index is -0.338. The number of carbonyl (C=O) groups excluding carboxylic acids is 1. The first-order valence-electron chi connectivity index (χ1n) is 10.7. The highest BCUT2D eigenvalue weighted by molar-refractivity contribution is 7.99. The molecule has 0 fully saturated rings. The molecule has 0 aliphatic rings. The lowest BCUT2D eigenvalue weighted by Crippen LogP contribution is -2.32. The van der Waals surface area contributed by atoms with Gasteiger partial charge in [0.15, 0.2) is 16.7 Å². The van der Waals surface area contributed by atoms with Crippen LogP contribution >= 0.6 is 11.8 Å². The number of carbonyl (C=O) groups is 1. The summed E-state index contributed by atoms with van der Waals surface area (Å²) in [5.41, 5.74) is 0.544. The summed E-state index contributed by atoms with van der Waals surface area (Å²) in [5.74, 6) is 1.63. The summed E-state index contributed by atoms with van der Waals surface area (Å²) in [5, 5.41) is 0.633. The topological polar surface area (TPSA) is 92.1 Å². The SMILES string of the molecule is CCN(CC)C(=O)CSc1nc2c(OC)c(OC)c(OC)cc2c(=O)n1-c1cccc(OC)c1. The highest BCUT2D eigenvalue weighted by Gasteiger charge is 2.23. The van der Waals surface area contributed by atoms with Crippen LogP contribution in [0.3, 0.4) is 0 Å². The zero-order valence-corrected chi connectivity index (χ0v) is 21.0. The van der Waals surface area contributed by atoms with Gasteiger partial charge in [-0.05, 0) is 32.0 Å². The van der Waals surface area contributed by atoms with Crippen molar-refractivity contribution in [3.8, 4) is 28.7 Å². The molecule has 2 aromatic carbocycles. The highest BCUT2D eigenvalue weighted by Crippen LogP contribution is 2.42. The Hall–Kier alpha value is -3.40. The molecular weight excluding hydrogens is 458 g/mol. The van der Waals surface area contributed by atoms with Crippen LogP contribution < -0.4 is 24.5 Å². The number of ether oxygens (including phenoxy) is 4. The van der Waals surface area contributed by atoms with Gasteiger partial charge in [-0.1, -0.05) is 17.8 Å². The number of methoxy groups -OCH3 is 4. The number of aromatic nitrogens is 2. The summed E-state index contributed by atoms with van der Waals surface area (Å²) in [6, 6.07) is 8.68. The highest BCUT2D eigenvalue weighted by atomic mass is 32.2. The van der Waals surface area contributed by atoms with E-state index in [-0.39, 0.29) is 28.4 Å². The normalized spacial score (nSPS) is 10.8. The van der Waals surface area contributed by atoms with Crippen molar-refractivity contribution in [2.24, 2.45) is 0 Å². The zero-order valence-electron chi connectivity index (χ0n) is 20.2. The molecule has 182 valence electrons. The van der Waals surface area contributed by atoms with Crippen molar-refractivity contribution in [2.45, 2.75) is 19.0 Å². The molecule has 0 saturated heterocycles. The van der Waals surface area contributed by atoms with Gasteiger partial charge in [-0.25, -0.2) is 4.98 Å². The van der Waals surface area contributed by atoms with Crippen LogP contribution in [0, 0.1) is 0 Å². The summed E-state index contributed by atoms with van der Waals surface area (Å²) in [6.07, 6.45) is 0. The standard InChI is InChI=1S/C24H29N3O6S/c1-7-26(8-2)19(28)14-34-24-25-20-17(13-18(31-4)21(32-5)22(20)33-6)23(29)27(24)15-10-9-11-16(12-15)30-3/h9-13H,7-8,14H2,1-6H3. The Morgan fingerprint density at radius 3 is 2.29 bits per heavy atom. The minimum absolute atomic E-state index is 0.0409. The number of benzene rings is 2. The Kier molecular flexibility index (Phi) is 8.27. The lowest BCUT2D eigenvalue weighted by Gasteiger charge is -2.20. The molecule has 10 heteroatoms. The number of fused-ring (bicyclic) bond motifs is 1. The van der Waals surface area contributed by atoms with Crippen molar-refractivity contribution in [2.75, 3.05) is 47.3 Å². The second kappa shape index (κ2) is 11.1. The molecule has 0 saturated carbocycles. The molecule has 3 aromatic rings. The lowest BCUT2D eigenvalue weighted by atomic mass is 10.2. The van der Waals surface area contributed by atoms with E-state index in [1.807, 2.05) is 13.8 Å². The summed E-state index contributed by atoms with van der Waals surface area (Å²) >= 11 is 1.19. The fraction of sp³-hybridized carbons (Fsp3) is 0.375. The van der Waals surface area contributed by atoms with Crippen molar-refractivity contribution >= 4 is 28.6 Å². The van der Waals surface area contributed by atoms with Gasteiger partial charge in [0.2, 0.25) is 11.7 Å². The molecule has 34 heavy (non-hydrogen) atoms. The van der Waals surface area contributed by atoms with Gasteiger partial charge in [-0.15, -0.1) is 0 Å². The summed E-state index contributed by atoms with van der Waals surface area (Å²) in [4.78, 5) is 33.0. The van der Waals surface area contributed by atoms with Gasteiger partial charge < -0.3 is 23.8 Å². The average molecular weight is 488 g/mol. The number of amides is 1. The number of hydrogen-bond donors (Lipinski definition) is 0. The maximum atomic E-state index is 13.8. The molecule has 0 aliphatic heterocycles. The van der Waals surface area contributed by atoms with Crippen LogP contribution in [0.1, 0.15) is 13.8 Å². The summed E-state index contributed by atoms with van der Waals surface area (Å²) < 4.78 is 23.3. The molecule has 1 heterocycles. The Morgan fingerprint density at radius 2 is 1.71 bits per heavy atom. The zero-order chi connectivity index (χ0) is 24.8. The maximum Gasteiger partial charge on any atom is 0.266 e. The van der Waals surface area contributed by atoms with Crippen molar-refractivity contribution in [1.29, 1.82) is 0 Å². The van der Waals surface area contributed by atoms with E-state index in [0.717, 1.165) is 0 Å². The molecule has 0 aliphatic carbocycles. The second-order valence-electron chi connectivity index (χ2n) is 7.13. The molecule has 0 atom stereocenters. The van der Waals surface area contributed by atoms with Gasteiger partial charge in [-0.2, -0.15) is 0 Å². The van der Waals surface area contributed by atoms with Gasteiger partial charge in [0.1, 0.15) is 11.3 Å². The van der Waals surface area contributed by atoms with Gasteiger partial charge >= 0.3 is 0 Å². The molecule has 0 bridgehead atoms. The van der Waals surface area contributed by atoms with Gasteiger partial charge in [0.05, 0.1) is 45.3 Å². The number of nitrogens with zero attached hydrogens (tertiary/aromatic N) is 3. The third-order valence-electron chi connectivity index (χ3n) is 5.39. The van der Waals surface area contributed by atoms with Crippen molar-refractivity contribution < 1.29 is 23.7 Å². The fourth-order valence-corrected chi connectivity index (χ4v) is 4.54. The van der Waals surface area contributed by atoms with Crippen LogP contribution in [0.5, 0.6) is 23.0 Å². The molecule has 0 unspecified atom stereocenters. The van der Waals surface area contributed by atoms with Crippen LogP contribution in [-0.2, 0) is 4.79 Å². The summed E-state index contributed by atoms with van der Waals surface area (Å²) in [7, 11) is 6.01. The maximum absolute atomic E-state index is 13.8. The lowest BCUT2D eigenvalue weighted by molar-refractivity contribution is -0.127. The quantitative estimate of drug-likeness (QED) is 0.318. The average Bonchev–Trinajstić information content (AvgIpc) is 2.87. The molecule has 1 aromatic heterocycles. The first kappa shape index (κ1) is 25.2. The van der Waals surface area contributed by atoms with Gasteiger partial charge in [0, 0.05) is 19.2 Å². The predicted octanol–water partition coefficient (Wildman–Crippen LogP) is 3.38. The van der Waals surface area contributed by atoms with E-state index < -0.39 is 0 Å². The van der Waals surface area contributed by atoms with Crippen LogP contribution in [0.2, 0.25) is 0 Å². The first-order chi connectivity index (χ1) is 16.4. The van der Waals surface area contributed by atoms with Crippen LogP contribution in [0.4, 0.5) is 0 Å². The number of rotatable bonds is 10. The van der Waals surface area contributed by atoms with Crippen molar-refractivity contribution in [1.82, 2.24) is 14.5 Å². The molecule has 0 radical (unpaired) electrons.